The molecule has 3 rings (SSSR count). The lowest BCUT2D eigenvalue weighted by molar-refractivity contribution is 0.0968. The molecule has 1 fully saturated rings. The first-order valence-electron chi connectivity index (χ1n) is 7.44. The maximum Gasteiger partial charge on any atom is 0.186 e. The third kappa shape index (κ3) is 2.83. The molecule has 1 aromatic rings. The molecule has 1 saturated carbocycles. The lowest BCUT2D eigenvalue weighted by Crippen LogP contribution is -2.27. The van der Waals surface area contributed by atoms with Gasteiger partial charge in [0.1, 0.15) is 5.69 Å². The monoisotopic (exact) mass is 278 g/mol. The van der Waals surface area contributed by atoms with Crippen LogP contribution in [0.2, 0.25) is 0 Å². The molecule has 1 heterocycles. The number of ketones is 1. The topological polar surface area (TPSA) is 33.2 Å². The van der Waals surface area contributed by atoms with E-state index in [9.17, 15) is 4.79 Å². The van der Waals surface area contributed by atoms with Gasteiger partial charge >= 0.3 is 0 Å². The molecule has 1 aromatic heterocycles. The maximum absolute atomic E-state index is 11.9. The summed E-state index contributed by atoms with van der Waals surface area (Å²) < 4.78 is 0. The summed E-state index contributed by atoms with van der Waals surface area (Å²) in [7, 11) is 0. The smallest absolute Gasteiger partial charge is 0.186 e. The number of Topliss-reactive ketones (excluding diaryl/α,β-unsaturated/α-hetero) is 1. The van der Waals surface area contributed by atoms with E-state index in [1.165, 1.54) is 24.1 Å². The molecule has 0 saturated heterocycles. The van der Waals surface area contributed by atoms with Crippen molar-refractivity contribution < 1.29 is 4.79 Å². The molecule has 3 nitrogen and oxygen atoms in total. The fourth-order valence-corrected chi connectivity index (χ4v) is 3.81. The summed E-state index contributed by atoms with van der Waals surface area (Å²) in [4.78, 5) is 20.2. The maximum atomic E-state index is 11.9. The van der Waals surface area contributed by atoms with Crippen LogP contribution in [0.15, 0.2) is 0 Å². The highest BCUT2D eigenvalue weighted by Gasteiger charge is 2.32. The highest BCUT2D eigenvalue weighted by molar-refractivity contribution is 7.16. The summed E-state index contributed by atoms with van der Waals surface area (Å²) in [5.74, 6) is 0.973. The van der Waals surface area contributed by atoms with Gasteiger partial charge in [-0.15, -0.1) is 11.3 Å². The fourth-order valence-electron chi connectivity index (χ4n) is 2.60. The summed E-state index contributed by atoms with van der Waals surface area (Å²) in [5.41, 5.74) is 0.779. The van der Waals surface area contributed by atoms with E-state index in [0.717, 1.165) is 36.1 Å². The number of aryl methyl sites for hydroxylation is 1. The highest BCUT2D eigenvalue weighted by atomic mass is 32.1. The molecule has 0 spiro atoms. The predicted octanol–water partition coefficient (Wildman–Crippen LogP) is 3.68. The quantitative estimate of drug-likeness (QED) is 0.824. The van der Waals surface area contributed by atoms with E-state index in [1.807, 2.05) is 0 Å². The summed E-state index contributed by atoms with van der Waals surface area (Å²) >= 11 is 1.76. The van der Waals surface area contributed by atoms with E-state index in [2.05, 4.69) is 23.7 Å². The van der Waals surface area contributed by atoms with E-state index in [1.54, 1.807) is 11.3 Å². The Balaban J connectivity index is 1.80. The van der Waals surface area contributed by atoms with Crippen LogP contribution in [0.25, 0.3) is 0 Å². The lowest BCUT2D eigenvalue weighted by atomic mass is 10.0. The van der Waals surface area contributed by atoms with Gasteiger partial charge in [0.2, 0.25) is 0 Å². The number of anilines is 1. The number of nitrogens with zero attached hydrogens (tertiary/aromatic N) is 2. The Morgan fingerprint density at radius 2 is 2.16 bits per heavy atom. The number of hydrogen-bond acceptors (Lipinski definition) is 4. The number of aromatic nitrogens is 1. The average Bonchev–Trinajstić information content (AvgIpc) is 3.09. The molecule has 0 atom stereocenters. The Morgan fingerprint density at radius 1 is 1.37 bits per heavy atom. The van der Waals surface area contributed by atoms with E-state index < -0.39 is 0 Å². The Bertz CT molecular complexity index is 476. The van der Waals surface area contributed by atoms with Gasteiger partial charge < -0.3 is 4.90 Å². The highest BCUT2D eigenvalue weighted by Crippen LogP contribution is 2.37. The zero-order valence-corrected chi connectivity index (χ0v) is 12.6. The van der Waals surface area contributed by atoms with Gasteiger partial charge in [-0.1, -0.05) is 13.8 Å². The Labute approximate surface area is 119 Å². The van der Waals surface area contributed by atoms with Crippen molar-refractivity contribution in [1.29, 1.82) is 0 Å². The second kappa shape index (κ2) is 5.23. The van der Waals surface area contributed by atoms with Crippen LogP contribution in [0, 0.1) is 5.92 Å². The molecule has 0 radical (unpaired) electrons. The number of rotatable bonds is 5. The van der Waals surface area contributed by atoms with Gasteiger partial charge in [0.15, 0.2) is 10.9 Å². The molecule has 0 N–H and O–H groups in total. The molecule has 0 unspecified atom stereocenters. The minimum absolute atomic E-state index is 0.253. The Hall–Kier alpha value is -0.900. The first-order valence-corrected chi connectivity index (χ1v) is 8.26. The van der Waals surface area contributed by atoms with Gasteiger partial charge in [-0.05, 0) is 38.0 Å². The van der Waals surface area contributed by atoms with Crippen LogP contribution in [-0.4, -0.2) is 23.4 Å². The standard InChI is InChI=1S/C15H22N2OS/c1-10(2)8-9-17(11-6-7-11)15-16-14-12(18)4-3-5-13(14)19-15/h10-11H,3-9H2,1-2H3. The van der Waals surface area contributed by atoms with Gasteiger partial charge in [-0.25, -0.2) is 4.98 Å². The molecular weight excluding hydrogens is 256 g/mol. The zero-order valence-electron chi connectivity index (χ0n) is 11.8. The molecule has 104 valence electrons. The molecule has 2 aliphatic rings. The van der Waals surface area contributed by atoms with E-state index in [4.69, 9.17) is 0 Å². The van der Waals surface area contributed by atoms with Crippen molar-refractivity contribution in [2.45, 2.75) is 58.4 Å². The third-order valence-electron chi connectivity index (χ3n) is 3.94. The third-order valence-corrected chi connectivity index (χ3v) is 5.09. The minimum atomic E-state index is 0.253. The first-order chi connectivity index (χ1) is 9.15. The second-order valence-corrected chi connectivity index (χ2v) is 7.21. The van der Waals surface area contributed by atoms with Crippen LogP contribution in [0.5, 0.6) is 0 Å². The number of hydrogen-bond donors (Lipinski definition) is 0. The molecule has 4 heteroatoms. The van der Waals surface area contributed by atoms with Gasteiger partial charge in [0, 0.05) is 23.9 Å². The molecule has 0 bridgehead atoms. The summed E-state index contributed by atoms with van der Waals surface area (Å²) in [5, 5.41) is 1.10. The zero-order chi connectivity index (χ0) is 13.4. The van der Waals surface area contributed by atoms with E-state index in [-0.39, 0.29) is 5.78 Å². The van der Waals surface area contributed by atoms with Crippen molar-refractivity contribution in [2.24, 2.45) is 5.92 Å². The number of carbonyl (C=O) groups is 1. The van der Waals surface area contributed by atoms with Crippen LogP contribution in [0.3, 0.4) is 0 Å². The molecule has 19 heavy (non-hydrogen) atoms. The lowest BCUT2D eigenvalue weighted by Gasteiger charge is -2.22. The van der Waals surface area contributed by atoms with Crippen molar-refractivity contribution in [3.63, 3.8) is 0 Å². The van der Waals surface area contributed by atoms with Gasteiger partial charge in [-0.3, -0.25) is 4.79 Å². The van der Waals surface area contributed by atoms with Crippen molar-refractivity contribution in [1.82, 2.24) is 4.98 Å². The molecule has 2 aliphatic carbocycles. The number of fused-ring (bicyclic) bond motifs is 1. The van der Waals surface area contributed by atoms with Crippen LogP contribution in [-0.2, 0) is 6.42 Å². The fraction of sp³-hybridized carbons (Fsp3) is 0.733. The summed E-state index contributed by atoms with van der Waals surface area (Å²) in [6.45, 7) is 5.62. The average molecular weight is 278 g/mol. The largest absolute Gasteiger partial charge is 0.345 e. The summed E-state index contributed by atoms with van der Waals surface area (Å²) in [6, 6.07) is 0.682. The van der Waals surface area contributed by atoms with Crippen molar-refractivity contribution in [2.75, 3.05) is 11.4 Å². The SMILES string of the molecule is CC(C)CCN(c1nc2c(s1)CCCC2=O)C1CC1. The van der Waals surface area contributed by atoms with Crippen LogP contribution in [0.4, 0.5) is 5.13 Å². The van der Waals surface area contributed by atoms with Crippen LogP contribution >= 0.6 is 11.3 Å². The van der Waals surface area contributed by atoms with Crippen LogP contribution < -0.4 is 4.90 Å². The van der Waals surface area contributed by atoms with Gasteiger partial charge in [0.25, 0.3) is 0 Å². The minimum Gasteiger partial charge on any atom is -0.345 e. The van der Waals surface area contributed by atoms with E-state index >= 15 is 0 Å². The van der Waals surface area contributed by atoms with Crippen molar-refractivity contribution in [3.05, 3.63) is 10.6 Å². The van der Waals surface area contributed by atoms with E-state index in [0.29, 0.717) is 12.5 Å². The first kappa shape index (κ1) is 13.1. The summed E-state index contributed by atoms with van der Waals surface area (Å²) in [6.07, 6.45) is 6.51. The van der Waals surface area contributed by atoms with Crippen LogP contribution in [0.1, 0.15) is 61.3 Å². The van der Waals surface area contributed by atoms with Gasteiger partial charge in [0.05, 0.1) is 0 Å². The number of carbonyl (C=O) groups excluding carboxylic acids is 1. The second-order valence-electron chi connectivity index (χ2n) is 6.15. The molecular formula is C15H22N2OS. The Kier molecular flexibility index (Phi) is 3.61. The normalized spacial score (nSPS) is 18.8. The van der Waals surface area contributed by atoms with Crippen molar-refractivity contribution in [3.8, 4) is 0 Å². The predicted molar refractivity (Wildman–Crippen MR) is 79.2 cm³/mol. The molecule has 0 aliphatic heterocycles. The van der Waals surface area contributed by atoms with Crippen molar-refractivity contribution >= 4 is 22.3 Å². The van der Waals surface area contributed by atoms with Gasteiger partial charge in [-0.2, -0.15) is 0 Å². The molecule has 0 aromatic carbocycles. The molecule has 0 amide bonds. The number of thiazole rings is 1. The Morgan fingerprint density at radius 3 is 2.79 bits per heavy atom.